The van der Waals surface area contributed by atoms with Crippen LogP contribution in [0.1, 0.15) is 47.8 Å². The molecule has 0 nitrogen and oxygen atoms in total. The van der Waals surface area contributed by atoms with Crippen molar-refractivity contribution < 1.29 is 0 Å². The average Bonchev–Trinajstić information content (AvgIpc) is 2.89. The molecule has 2 atom stereocenters. The second-order valence-electron chi connectivity index (χ2n) is 5.47. The lowest BCUT2D eigenvalue weighted by Crippen LogP contribution is -2.04. The first-order chi connectivity index (χ1) is 8.84. The molecule has 2 aromatic rings. The van der Waals surface area contributed by atoms with Gasteiger partial charge in [-0.2, -0.15) is 0 Å². The summed E-state index contributed by atoms with van der Waals surface area (Å²) in [5.41, 5.74) is 4.43. The van der Waals surface area contributed by atoms with Crippen molar-refractivity contribution in [3.05, 3.63) is 71.3 Å². The van der Waals surface area contributed by atoms with Crippen molar-refractivity contribution in [1.82, 2.24) is 0 Å². The van der Waals surface area contributed by atoms with E-state index in [0.717, 1.165) is 0 Å². The van der Waals surface area contributed by atoms with Crippen LogP contribution in [-0.4, -0.2) is 0 Å². The molecular weight excluding hydrogens is 216 g/mol. The highest BCUT2D eigenvalue weighted by Crippen LogP contribution is 2.45. The first-order valence-corrected chi connectivity index (χ1v) is 6.96. The van der Waals surface area contributed by atoms with Crippen molar-refractivity contribution in [2.45, 2.75) is 38.0 Å². The minimum absolute atomic E-state index is 0.715. The normalized spacial score (nSPS) is 23.2. The third-order valence-corrected chi connectivity index (χ3v) is 4.21. The summed E-state index contributed by atoms with van der Waals surface area (Å²) in [6.07, 6.45) is 4.03. The smallest absolute Gasteiger partial charge is 0.00930 e. The van der Waals surface area contributed by atoms with Crippen molar-refractivity contribution in [2.24, 2.45) is 0 Å². The van der Waals surface area contributed by atoms with E-state index in [0.29, 0.717) is 11.8 Å². The van der Waals surface area contributed by atoms with E-state index in [9.17, 15) is 0 Å². The van der Waals surface area contributed by atoms with Crippen molar-refractivity contribution in [3.8, 4) is 0 Å². The van der Waals surface area contributed by atoms with Crippen molar-refractivity contribution in [1.29, 1.82) is 0 Å². The first kappa shape index (κ1) is 11.5. The molecule has 0 radical (unpaired) electrons. The fourth-order valence-corrected chi connectivity index (χ4v) is 3.36. The Morgan fingerprint density at radius 3 is 2.17 bits per heavy atom. The van der Waals surface area contributed by atoms with E-state index in [-0.39, 0.29) is 0 Å². The molecule has 3 rings (SSSR count). The van der Waals surface area contributed by atoms with Crippen molar-refractivity contribution in [2.75, 3.05) is 0 Å². The predicted molar refractivity (Wildman–Crippen MR) is 77.0 cm³/mol. The van der Waals surface area contributed by atoms with Gasteiger partial charge in [-0.15, -0.1) is 0 Å². The van der Waals surface area contributed by atoms with Gasteiger partial charge in [0.1, 0.15) is 0 Å². The van der Waals surface area contributed by atoms with Crippen LogP contribution in [0.5, 0.6) is 0 Å². The van der Waals surface area contributed by atoms with E-state index < -0.39 is 0 Å². The lowest BCUT2D eigenvalue weighted by atomic mass is 9.84. The van der Waals surface area contributed by atoms with E-state index in [4.69, 9.17) is 0 Å². The Bertz CT molecular complexity index is 513. The minimum Gasteiger partial charge on any atom is -0.0622 e. The van der Waals surface area contributed by atoms with Gasteiger partial charge >= 0.3 is 0 Å². The van der Waals surface area contributed by atoms with Crippen LogP contribution >= 0.6 is 0 Å². The molecule has 0 N–H and O–H groups in total. The molecule has 0 aromatic heterocycles. The van der Waals surface area contributed by atoms with Gasteiger partial charge in [-0.05, 0) is 42.7 Å². The number of aryl methyl sites for hydroxylation is 1. The molecule has 0 amide bonds. The molecule has 1 saturated carbocycles. The van der Waals surface area contributed by atoms with Gasteiger partial charge in [0.15, 0.2) is 0 Å². The van der Waals surface area contributed by atoms with Gasteiger partial charge in [0, 0.05) is 0 Å². The maximum absolute atomic E-state index is 2.37. The summed E-state index contributed by atoms with van der Waals surface area (Å²) >= 11 is 0. The standard InChI is InChI=1S/C18H20/c1-14-7-5-10-16(13-14)18-12-6-11-17(18)15-8-3-2-4-9-15/h2-5,7-10,13,17-18H,6,11-12H2,1H3. The molecule has 0 spiro atoms. The summed E-state index contributed by atoms with van der Waals surface area (Å²) in [4.78, 5) is 0. The Labute approximate surface area is 110 Å². The fraction of sp³-hybridized carbons (Fsp3) is 0.333. The molecular formula is C18H20. The number of rotatable bonds is 2. The third kappa shape index (κ3) is 2.20. The van der Waals surface area contributed by atoms with Gasteiger partial charge in [0.05, 0.1) is 0 Å². The molecule has 92 valence electrons. The average molecular weight is 236 g/mol. The van der Waals surface area contributed by atoms with E-state index in [1.54, 1.807) is 0 Å². The maximum Gasteiger partial charge on any atom is -0.00930 e. The van der Waals surface area contributed by atoms with Crippen LogP contribution in [0.15, 0.2) is 54.6 Å². The van der Waals surface area contributed by atoms with Gasteiger partial charge < -0.3 is 0 Å². The van der Waals surface area contributed by atoms with Crippen LogP contribution in [0.2, 0.25) is 0 Å². The Hall–Kier alpha value is -1.56. The van der Waals surface area contributed by atoms with Crippen molar-refractivity contribution in [3.63, 3.8) is 0 Å². The summed E-state index contributed by atoms with van der Waals surface area (Å²) in [5.74, 6) is 1.43. The van der Waals surface area contributed by atoms with Gasteiger partial charge in [-0.3, -0.25) is 0 Å². The van der Waals surface area contributed by atoms with Gasteiger partial charge in [0.2, 0.25) is 0 Å². The highest BCUT2D eigenvalue weighted by atomic mass is 14.3. The third-order valence-electron chi connectivity index (χ3n) is 4.21. The molecule has 0 heterocycles. The zero-order valence-corrected chi connectivity index (χ0v) is 11.0. The first-order valence-electron chi connectivity index (χ1n) is 6.96. The molecule has 1 aliphatic rings. The van der Waals surface area contributed by atoms with Crippen LogP contribution in [0.25, 0.3) is 0 Å². The van der Waals surface area contributed by atoms with Crippen LogP contribution in [0.4, 0.5) is 0 Å². The highest BCUT2D eigenvalue weighted by molar-refractivity contribution is 5.32. The quantitative estimate of drug-likeness (QED) is 0.684. The van der Waals surface area contributed by atoms with Crippen LogP contribution in [0, 0.1) is 6.92 Å². The number of benzene rings is 2. The predicted octanol–water partition coefficient (Wildman–Crippen LogP) is 5.05. The molecule has 18 heavy (non-hydrogen) atoms. The Morgan fingerprint density at radius 1 is 0.778 bits per heavy atom. The lowest BCUT2D eigenvalue weighted by molar-refractivity contribution is 0.623. The van der Waals surface area contributed by atoms with Gasteiger partial charge in [-0.25, -0.2) is 0 Å². The highest BCUT2D eigenvalue weighted by Gasteiger charge is 2.29. The summed E-state index contributed by atoms with van der Waals surface area (Å²) < 4.78 is 0. The second-order valence-corrected chi connectivity index (χ2v) is 5.47. The van der Waals surface area contributed by atoms with Crippen LogP contribution < -0.4 is 0 Å². The van der Waals surface area contributed by atoms with E-state index in [1.165, 1.54) is 36.0 Å². The summed E-state index contributed by atoms with van der Waals surface area (Å²) in [6, 6.07) is 20.1. The van der Waals surface area contributed by atoms with E-state index >= 15 is 0 Å². The molecule has 0 bridgehead atoms. The SMILES string of the molecule is Cc1cccc(C2CCCC2c2ccccc2)c1. The molecule has 1 aliphatic carbocycles. The van der Waals surface area contributed by atoms with Crippen LogP contribution in [0.3, 0.4) is 0 Å². The number of hydrogen-bond acceptors (Lipinski definition) is 0. The molecule has 0 saturated heterocycles. The summed E-state index contributed by atoms with van der Waals surface area (Å²) in [5, 5.41) is 0. The molecule has 1 fully saturated rings. The minimum atomic E-state index is 0.715. The fourth-order valence-electron chi connectivity index (χ4n) is 3.36. The Kier molecular flexibility index (Phi) is 3.19. The summed E-state index contributed by atoms with van der Waals surface area (Å²) in [7, 11) is 0. The topological polar surface area (TPSA) is 0 Å². The Morgan fingerprint density at radius 2 is 1.44 bits per heavy atom. The van der Waals surface area contributed by atoms with E-state index in [1.807, 2.05) is 0 Å². The monoisotopic (exact) mass is 236 g/mol. The zero-order valence-electron chi connectivity index (χ0n) is 11.0. The molecule has 0 heteroatoms. The molecule has 2 unspecified atom stereocenters. The molecule has 2 aromatic carbocycles. The zero-order chi connectivity index (χ0) is 12.4. The van der Waals surface area contributed by atoms with Gasteiger partial charge in [-0.1, -0.05) is 66.6 Å². The molecule has 0 aliphatic heterocycles. The van der Waals surface area contributed by atoms with Gasteiger partial charge in [0.25, 0.3) is 0 Å². The number of hydrogen-bond donors (Lipinski definition) is 0. The van der Waals surface area contributed by atoms with E-state index in [2.05, 4.69) is 61.5 Å². The van der Waals surface area contributed by atoms with Crippen LogP contribution in [-0.2, 0) is 0 Å². The summed E-state index contributed by atoms with van der Waals surface area (Å²) in [6.45, 7) is 2.19. The van der Waals surface area contributed by atoms with Crippen molar-refractivity contribution >= 4 is 0 Å². The lowest BCUT2D eigenvalue weighted by Gasteiger charge is -2.21. The largest absolute Gasteiger partial charge is 0.0622 e. The second kappa shape index (κ2) is 4.97. The Balaban J connectivity index is 1.92. The maximum atomic E-state index is 2.37.